The lowest BCUT2D eigenvalue weighted by atomic mass is 10.3. The Morgan fingerprint density at radius 3 is 3.11 bits per heavy atom. The van der Waals surface area contributed by atoms with E-state index in [1.54, 1.807) is 18.4 Å². The maximum Gasteiger partial charge on any atom is 0.0931 e. The van der Waals surface area contributed by atoms with Crippen LogP contribution in [-0.4, -0.2) is 30.0 Å². The van der Waals surface area contributed by atoms with E-state index in [1.807, 2.05) is 29.2 Å². The number of thiophene rings is 1. The molecule has 0 unspecified atom stereocenters. The molecule has 0 atom stereocenters. The fourth-order valence-corrected chi connectivity index (χ4v) is 2.67. The molecule has 0 aromatic carbocycles. The molecule has 0 aliphatic heterocycles. The first-order valence-corrected chi connectivity index (χ1v) is 6.92. The predicted molar refractivity (Wildman–Crippen MR) is 74.2 cm³/mol. The number of hydrogen-bond donors (Lipinski definition) is 1. The lowest BCUT2D eigenvalue weighted by Gasteiger charge is -2.01. The zero-order valence-electron chi connectivity index (χ0n) is 10.2. The highest BCUT2D eigenvalue weighted by molar-refractivity contribution is 7.16. The predicted octanol–water partition coefficient (Wildman–Crippen LogP) is 2.38. The summed E-state index contributed by atoms with van der Waals surface area (Å²) in [4.78, 5) is 1.21. The largest absolute Gasteiger partial charge is 0.383 e. The maximum absolute atomic E-state index is 5.90. The van der Waals surface area contributed by atoms with Gasteiger partial charge in [-0.15, -0.1) is 11.3 Å². The van der Waals surface area contributed by atoms with E-state index in [1.165, 1.54) is 10.4 Å². The molecular weight excluding hydrogens is 270 g/mol. The van der Waals surface area contributed by atoms with Crippen molar-refractivity contribution < 1.29 is 4.74 Å². The Morgan fingerprint density at radius 2 is 2.39 bits per heavy atom. The minimum Gasteiger partial charge on any atom is -0.383 e. The minimum atomic E-state index is 0.724. The molecule has 0 saturated carbocycles. The molecule has 2 aromatic heterocycles. The number of nitrogens with zero attached hydrogens (tertiary/aromatic N) is 2. The smallest absolute Gasteiger partial charge is 0.0931 e. The number of ether oxygens (including phenoxy) is 1. The van der Waals surface area contributed by atoms with E-state index in [0.29, 0.717) is 0 Å². The van der Waals surface area contributed by atoms with Gasteiger partial charge in [0.1, 0.15) is 0 Å². The van der Waals surface area contributed by atoms with Crippen molar-refractivity contribution in [1.82, 2.24) is 15.1 Å². The van der Waals surface area contributed by atoms with E-state index in [2.05, 4.69) is 10.4 Å². The van der Waals surface area contributed by atoms with Gasteiger partial charge < -0.3 is 10.1 Å². The van der Waals surface area contributed by atoms with E-state index >= 15 is 0 Å². The summed E-state index contributed by atoms with van der Waals surface area (Å²) < 4.78 is 7.72. The van der Waals surface area contributed by atoms with Crippen LogP contribution >= 0.6 is 22.9 Å². The summed E-state index contributed by atoms with van der Waals surface area (Å²) in [7, 11) is 1.70. The van der Waals surface area contributed by atoms with Crippen LogP contribution < -0.4 is 5.32 Å². The summed E-state index contributed by atoms with van der Waals surface area (Å²) in [5, 5.41) is 7.62. The normalized spacial score (nSPS) is 11.0. The number of aromatic nitrogens is 2. The SMILES string of the molecule is COCCNCc1cnn(Cc2ccc(Cl)s2)c1. The Balaban J connectivity index is 1.82. The number of halogens is 1. The molecule has 1 N–H and O–H groups in total. The van der Waals surface area contributed by atoms with E-state index < -0.39 is 0 Å². The average Bonchev–Trinajstić information content (AvgIpc) is 2.95. The maximum atomic E-state index is 5.90. The van der Waals surface area contributed by atoms with Crippen molar-refractivity contribution in [2.75, 3.05) is 20.3 Å². The van der Waals surface area contributed by atoms with Crippen LogP contribution in [0.1, 0.15) is 10.4 Å². The quantitative estimate of drug-likeness (QED) is 0.794. The fraction of sp³-hybridized carbons (Fsp3) is 0.417. The molecule has 0 bridgehead atoms. The molecule has 0 spiro atoms. The highest BCUT2D eigenvalue weighted by Gasteiger charge is 2.02. The molecule has 0 saturated heterocycles. The topological polar surface area (TPSA) is 39.1 Å². The second kappa shape index (κ2) is 6.89. The molecule has 0 aliphatic rings. The van der Waals surface area contributed by atoms with Crippen LogP contribution in [0.4, 0.5) is 0 Å². The van der Waals surface area contributed by atoms with Crippen LogP contribution in [0.5, 0.6) is 0 Å². The standard InChI is InChI=1S/C12H16ClN3OS/c1-17-5-4-14-6-10-7-15-16(8-10)9-11-2-3-12(13)18-11/h2-3,7-8,14H,4-6,9H2,1H3. The van der Waals surface area contributed by atoms with Gasteiger partial charge in [-0.3, -0.25) is 4.68 Å². The molecule has 2 aromatic rings. The van der Waals surface area contributed by atoms with Crippen molar-refractivity contribution in [3.8, 4) is 0 Å². The summed E-state index contributed by atoms with van der Waals surface area (Å²) in [5.74, 6) is 0. The third-order valence-electron chi connectivity index (χ3n) is 2.45. The summed E-state index contributed by atoms with van der Waals surface area (Å²) in [6.45, 7) is 3.16. The second-order valence-electron chi connectivity index (χ2n) is 3.92. The number of methoxy groups -OCH3 is 1. The van der Waals surface area contributed by atoms with Gasteiger partial charge in [0.05, 0.1) is 23.7 Å². The summed E-state index contributed by atoms with van der Waals surface area (Å²) in [5.41, 5.74) is 1.17. The van der Waals surface area contributed by atoms with Crippen molar-refractivity contribution in [3.05, 3.63) is 39.3 Å². The van der Waals surface area contributed by atoms with Gasteiger partial charge in [0.25, 0.3) is 0 Å². The van der Waals surface area contributed by atoms with Crippen LogP contribution in [0.25, 0.3) is 0 Å². The van der Waals surface area contributed by atoms with Crippen molar-refractivity contribution in [2.45, 2.75) is 13.1 Å². The number of rotatable bonds is 7. The van der Waals surface area contributed by atoms with Gasteiger partial charge in [0, 0.05) is 36.8 Å². The second-order valence-corrected chi connectivity index (χ2v) is 5.72. The van der Waals surface area contributed by atoms with E-state index in [9.17, 15) is 0 Å². The van der Waals surface area contributed by atoms with E-state index in [4.69, 9.17) is 16.3 Å². The van der Waals surface area contributed by atoms with Crippen LogP contribution in [0.15, 0.2) is 24.5 Å². The monoisotopic (exact) mass is 285 g/mol. The summed E-state index contributed by atoms with van der Waals surface area (Å²) >= 11 is 7.49. The minimum absolute atomic E-state index is 0.724. The Labute approximate surface area is 116 Å². The molecule has 2 heterocycles. The van der Waals surface area contributed by atoms with Gasteiger partial charge in [-0.2, -0.15) is 5.10 Å². The molecule has 0 fully saturated rings. The molecule has 0 aliphatic carbocycles. The van der Waals surface area contributed by atoms with Gasteiger partial charge in [-0.05, 0) is 12.1 Å². The van der Waals surface area contributed by atoms with Crippen molar-refractivity contribution in [2.24, 2.45) is 0 Å². The Kier molecular flexibility index (Phi) is 5.19. The van der Waals surface area contributed by atoms with Crippen molar-refractivity contribution in [3.63, 3.8) is 0 Å². The van der Waals surface area contributed by atoms with Crippen molar-refractivity contribution in [1.29, 1.82) is 0 Å². The van der Waals surface area contributed by atoms with Crippen LogP contribution in [0, 0.1) is 0 Å². The lowest BCUT2D eigenvalue weighted by Crippen LogP contribution is -2.18. The zero-order chi connectivity index (χ0) is 12.8. The Hall–Kier alpha value is -0.880. The lowest BCUT2D eigenvalue weighted by molar-refractivity contribution is 0.199. The van der Waals surface area contributed by atoms with E-state index in [0.717, 1.165) is 30.6 Å². The zero-order valence-corrected chi connectivity index (χ0v) is 11.8. The van der Waals surface area contributed by atoms with Gasteiger partial charge >= 0.3 is 0 Å². The first-order chi connectivity index (χ1) is 8.78. The number of nitrogens with one attached hydrogen (secondary N) is 1. The molecule has 98 valence electrons. The average molecular weight is 286 g/mol. The van der Waals surface area contributed by atoms with Crippen LogP contribution in [0.3, 0.4) is 0 Å². The molecule has 6 heteroatoms. The highest BCUT2D eigenvalue weighted by Crippen LogP contribution is 2.21. The Bertz CT molecular complexity index is 483. The Morgan fingerprint density at radius 1 is 1.50 bits per heavy atom. The van der Waals surface area contributed by atoms with Crippen LogP contribution in [-0.2, 0) is 17.8 Å². The third kappa shape index (κ3) is 4.10. The molecule has 0 radical (unpaired) electrons. The summed E-state index contributed by atoms with van der Waals surface area (Å²) in [6, 6.07) is 3.95. The molecular formula is C12H16ClN3OS. The summed E-state index contributed by atoms with van der Waals surface area (Å²) in [6.07, 6.45) is 3.93. The molecule has 4 nitrogen and oxygen atoms in total. The van der Waals surface area contributed by atoms with Gasteiger partial charge in [0.2, 0.25) is 0 Å². The first-order valence-electron chi connectivity index (χ1n) is 5.73. The number of hydrogen-bond acceptors (Lipinski definition) is 4. The highest BCUT2D eigenvalue weighted by atomic mass is 35.5. The first kappa shape index (κ1) is 13.5. The fourth-order valence-electron chi connectivity index (χ4n) is 1.59. The van der Waals surface area contributed by atoms with Gasteiger partial charge in [-0.25, -0.2) is 0 Å². The van der Waals surface area contributed by atoms with Gasteiger partial charge in [-0.1, -0.05) is 11.6 Å². The van der Waals surface area contributed by atoms with E-state index in [-0.39, 0.29) is 0 Å². The third-order valence-corrected chi connectivity index (χ3v) is 3.66. The van der Waals surface area contributed by atoms with Crippen LogP contribution in [0.2, 0.25) is 4.34 Å². The van der Waals surface area contributed by atoms with Gasteiger partial charge in [0.15, 0.2) is 0 Å². The molecule has 0 amide bonds. The molecule has 18 heavy (non-hydrogen) atoms. The van der Waals surface area contributed by atoms with Crippen molar-refractivity contribution >= 4 is 22.9 Å². The molecule has 2 rings (SSSR count).